The van der Waals surface area contributed by atoms with Crippen LogP contribution in [-0.4, -0.2) is 34.6 Å². The Morgan fingerprint density at radius 2 is 1.71 bits per heavy atom. The molecular formula is C29H21BrClN3O5S2. The van der Waals surface area contributed by atoms with Gasteiger partial charge in [-0.3, -0.25) is 23.7 Å². The first-order valence-electron chi connectivity index (χ1n) is 12.5. The number of carbonyl (C=O) groups excluding carboxylic acids is 3. The maximum atomic E-state index is 14.0. The summed E-state index contributed by atoms with van der Waals surface area (Å²) >= 11 is 11.5. The maximum Gasteiger partial charge on any atom is 0.308 e. The number of amides is 3. The third kappa shape index (κ3) is 5.01. The quantitative estimate of drug-likeness (QED) is 0.262. The summed E-state index contributed by atoms with van der Waals surface area (Å²) in [5.41, 5.74) is 1.71. The van der Waals surface area contributed by atoms with Gasteiger partial charge in [-0.15, -0.1) is 0 Å². The Bertz CT molecular complexity index is 1740. The van der Waals surface area contributed by atoms with Crippen molar-refractivity contribution in [3.05, 3.63) is 102 Å². The summed E-state index contributed by atoms with van der Waals surface area (Å²) in [4.78, 5) is 55.7. The zero-order chi connectivity index (χ0) is 28.8. The van der Waals surface area contributed by atoms with Crippen LogP contribution in [0.3, 0.4) is 0 Å². The lowest BCUT2D eigenvalue weighted by Gasteiger charge is -2.31. The van der Waals surface area contributed by atoms with E-state index in [1.807, 2.05) is 18.2 Å². The number of benzene rings is 3. The highest BCUT2D eigenvalue weighted by atomic mass is 79.9. The van der Waals surface area contributed by atoms with E-state index in [1.165, 1.54) is 9.47 Å². The fourth-order valence-corrected chi connectivity index (χ4v) is 8.39. The summed E-state index contributed by atoms with van der Waals surface area (Å²) in [5, 5.41) is 3.02. The summed E-state index contributed by atoms with van der Waals surface area (Å²) in [5.74, 6) is -1.96. The summed E-state index contributed by atoms with van der Waals surface area (Å²) in [6.07, 6.45) is 0. The molecule has 2 aliphatic heterocycles. The van der Waals surface area contributed by atoms with Gasteiger partial charge >= 0.3 is 4.87 Å². The van der Waals surface area contributed by atoms with Crippen LogP contribution in [0.15, 0.2) is 87.1 Å². The molecule has 41 heavy (non-hydrogen) atoms. The number of fused-ring (bicyclic) bond motifs is 2. The smallest absolute Gasteiger partial charge is 0.308 e. The number of hydrogen-bond acceptors (Lipinski definition) is 7. The Labute approximate surface area is 256 Å². The van der Waals surface area contributed by atoms with Gasteiger partial charge in [0, 0.05) is 31.5 Å². The van der Waals surface area contributed by atoms with Crippen LogP contribution in [0.5, 0.6) is 5.75 Å². The molecule has 4 aromatic rings. The Kier molecular flexibility index (Phi) is 7.54. The first-order chi connectivity index (χ1) is 19.8. The third-order valence-electron chi connectivity index (χ3n) is 7.04. The van der Waals surface area contributed by atoms with Gasteiger partial charge in [-0.05, 0) is 54.6 Å². The average Bonchev–Trinajstić information content (AvgIpc) is 3.41. The summed E-state index contributed by atoms with van der Waals surface area (Å²) in [7, 11) is 1.54. The van der Waals surface area contributed by atoms with Crippen molar-refractivity contribution in [2.75, 3.05) is 17.3 Å². The van der Waals surface area contributed by atoms with Gasteiger partial charge < -0.3 is 10.1 Å². The van der Waals surface area contributed by atoms with Crippen molar-refractivity contribution < 1.29 is 19.1 Å². The zero-order valence-corrected chi connectivity index (χ0v) is 25.4. The highest BCUT2D eigenvalue weighted by Crippen LogP contribution is 2.55. The van der Waals surface area contributed by atoms with Gasteiger partial charge in [-0.2, -0.15) is 0 Å². The number of carbonyl (C=O) groups is 3. The van der Waals surface area contributed by atoms with Crippen LogP contribution in [0.1, 0.15) is 16.4 Å². The van der Waals surface area contributed by atoms with Crippen LogP contribution in [0.25, 0.3) is 0 Å². The molecule has 0 bridgehead atoms. The largest absolute Gasteiger partial charge is 0.496 e. The number of imide groups is 1. The van der Waals surface area contributed by atoms with E-state index >= 15 is 0 Å². The van der Waals surface area contributed by atoms with Gasteiger partial charge in [-0.25, -0.2) is 4.90 Å². The number of rotatable bonds is 6. The maximum absolute atomic E-state index is 14.0. The van der Waals surface area contributed by atoms with E-state index < -0.39 is 23.0 Å². The summed E-state index contributed by atoms with van der Waals surface area (Å²) < 4.78 is 7.85. The number of halogens is 2. The summed E-state index contributed by atoms with van der Waals surface area (Å²) in [6.45, 7) is -0.255. The molecule has 6 rings (SSSR count). The van der Waals surface area contributed by atoms with Gasteiger partial charge in [0.15, 0.2) is 0 Å². The van der Waals surface area contributed by atoms with Gasteiger partial charge in [-0.1, -0.05) is 68.8 Å². The predicted molar refractivity (Wildman–Crippen MR) is 163 cm³/mol. The molecule has 3 heterocycles. The SMILES string of the molecule is COc1ccccc1[C@H]1c2sc(=O)n(CC(=O)Nc3ccc(Cl)cc3)c2SC2C(=O)N(c3ccc(Br)cc3)C(=O)C21. The third-order valence-corrected chi connectivity index (χ3v) is 10.4. The number of methoxy groups -OCH3 is 1. The lowest BCUT2D eigenvalue weighted by atomic mass is 9.82. The van der Waals surface area contributed by atoms with E-state index in [9.17, 15) is 19.2 Å². The van der Waals surface area contributed by atoms with E-state index in [1.54, 1.807) is 61.7 Å². The topological polar surface area (TPSA) is 97.7 Å². The molecule has 1 saturated heterocycles. The molecule has 3 amide bonds. The van der Waals surface area contributed by atoms with Crippen molar-refractivity contribution in [1.82, 2.24) is 4.57 Å². The molecule has 8 nitrogen and oxygen atoms in total. The molecule has 12 heteroatoms. The van der Waals surface area contributed by atoms with Crippen LogP contribution in [0, 0.1) is 5.92 Å². The minimum atomic E-state index is -0.798. The second kappa shape index (κ2) is 11.1. The number of ether oxygens (including phenoxy) is 1. The number of nitrogens with one attached hydrogen (secondary N) is 1. The zero-order valence-electron chi connectivity index (χ0n) is 21.4. The highest BCUT2D eigenvalue weighted by Gasteiger charge is 2.57. The van der Waals surface area contributed by atoms with Crippen molar-refractivity contribution >= 4 is 79.7 Å². The van der Waals surface area contributed by atoms with Gasteiger partial charge in [0.25, 0.3) is 0 Å². The molecule has 0 spiro atoms. The first-order valence-corrected chi connectivity index (χ1v) is 15.4. The van der Waals surface area contributed by atoms with E-state index in [2.05, 4.69) is 21.2 Å². The summed E-state index contributed by atoms with van der Waals surface area (Å²) in [6, 6.07) is 20.9. The van der Waals surface area contributed by atoms with Crippen molar-refractivity contribution in [1.29, 1.82) is 0 Å². The lowest BCUT2D eigenvalue weighted by Crippen LogP contribution is -2.33. The van der Waals surface area contributed by atoms with Crippen LogP contribution in [0.4, 0.5) is 11.4 Å². The monoisotopic (exact) mass is 669 g/mol. The molecule has 2 aliphatic rings. The predicted octanol–water partition coefficient (Wildman–Crippen LogP) is 5.77. The van der Waals surface area contributed by atoms with Crippen LogP contribution < -0.4 is 19.8 Å². The van der Waals surface area contributed by atoms with E-state index in [-0.39, 0.29) is 23.2 Å². The Hall–Kier alpha value is -3.38. The van der Waals surface area contributed by atoms with Crippen molar-refractivity contribution in [3.8, 4) is 5.75 Å². The normalized spacial score (nSPS) is 19.6. The second-order valence-electron chi connectivity index (χ2n) is 9.45. The highest BCUT2D eigenvalue weighted by molar-refractivity contribution is 9.10. The van der Waals surface area contributed by atoms with Crippen LogP contribution >= 0.6 is 50.6 Å². The van der Waals surface area contributed by atoms with E-state index in [4.69, 9.17) is 16.3 Å². The van der Waals surface area contributed by atoms with Gasteiger partial charge in [0.1, 0.15) is 17.5 Å². The second-order valence-corrected chi connectivity index (χ2v) is 12.9. The molecule has 1 N–H and O–H groups in total. The minimum Gasteiger partial charge on any atom is -0.496 e. The van der Waals surface area contributed by atoms with Crippen LogP contribution in [0.2, 0.25) is 5.02 Å². The fourth-order valence-electron chi connectivity index (χ4n) is 5.24. The fraction of sp³-hybridized carbons (Fsp3) is 0.172. The molecule has 1 fully saturated rings. The standard InChI is InChI=1S/C29H21BrClN3O5S2/c1-39-20-5-3-2-4-19(20)22-23-24(27(37)34(26(23)36)18-12-6-15(30)7-13-18)40-28-25(22)41-29(38)33(28)14-21(35)32-17-10-8-16(31)9-11-17/h2-13,22-24H,14H2,1H3,(H,32,35)/t22-,23?,24?/m1/s1. The average molecular weight is 671 g/mol. The molecule has 0 saturated carbocycles. The number of nitrogens with zero attached hydrogens (tertiary/aromatic N) is 2. The Balaban J connectivity index is 1.43. The first kappa shape index (κ1) is 27.8. The Morgan fingerprint density at radius 3 is 2.41 bits per heavy atom. The number of thioether (sulfide) groups is 1. The molecule has 0 aliphatic carbocycles. The van der Waals surface area contributed by atoms with E-state index in [0.717, 1.165) is 27.6 Å². The number of anilines is 2. The van der Waals surface area contributed by atoms with Gasteiger partial charge in [0.2, 0.25) is 17.7 Å². The molecule has 3 atom stereocenters. The van der Waals surface area contributed by atoms with Crippen molar-refractivity contribution in [3.63, 3.8) is 0 Å². The molecule has 3 aromatic carbocycles. The van der Waals surface area contributed by atoms with Crippen molar-refractivity contribution in [2.45, 2.75) is 22.7 Å². The number of para-hydroxylation sites is 1. The number of hydrogen-bond donors (Lipinski definition) is 1. The molecule has 208 valence electrons. The van der Waals surface area contributed by atoms with Crippen LogP contribution in [-0.2, 0) is 20.9 Å². The van der Waals surface area contributed by atoms with Gasteiger partial charge in [0.05, 0.1) is 23.7 Å². The molecule has 1 aromatic heterocycles. The molecule has 0 radical (unpaired) electrons. The van der Waals surface area contributed by atoms with E-state index in [0.29, 0.717) is 37.6 Å². The number of thiazole rings is 1. The molecule has 2 unspecified atom stereocenters. The Morgan fingerprint density at radius 1 is 1.00 bits per heavy atom. The number of aromatic nitrogens is 1. The minimum absolute atomic E-state index is 0.255. The molecular weight excluding hydrogens is 650 g/mol. The lowest BCUT2D eigenvalue weighted by molar-refractivity contribution is -0.122. The van der Waals surface area contributed by atoms with Crippen molar-refractivity contribution in [2.24, 2.45) is 5.92 Å².